The van der Waals surface area contributed by atoms with Crippen molar-refractivity contribution in [2.45, 2.75) is 18.6 Å². The smallest absolute Gasteiger partial charge is 0.409 e. The summed E-state index contributed by atoms with van der Waals surface area (Å²) in [4.78, 5) is 28.4. The SMILES string of the molecule is N/C(=N\O)c1ccc(C(=O)NCCNC(=O)c2cn(C3C=CC=CC3)nc2C(F)(F)F)cn1. The lowest BCUT2D eigenvalue weighted by Crippen LogP contribution is -2.35. The lowest BCUT2D eigenvalue weighted by atomic mass is 10.1. The highest BCUT2D eigenvalue weighted by Crippen LogP contribution is 2.32. The van der Waals surface area contributed by atoms with E-state index >= 15 is 0 Å². The van der Waals surface area contributed by atoms with Crippen LogP contribution in [0, 0.1) is 0 Å². The van der Waals surface area contributed by atoms with Crippen molar-refractivity contribution in [3.05, 3.63) is 71.3 Å². The average molecular weight is 463 g/mol. The normalized spacial score (nSPS) is 16.0. The van der Waals surface area contributed by atoms with E-state index < -0.39 is 35.3 Å². The van der Waals surface area contributed by atoms with Gasteiger partial charge >= 0.3 is 6.18 Å². The molecule has 2 heterocycles. The van der Waals surface area contributed by atoms with Crippen molar-refractivity contribution in [3.8, 4) is 0 Å². The van der Waals surface area contributed by atoms with Gasteiger partial charge in [0.05, 0.1) is 17.2 Å². The monoisotopic (exact) mass is 463 g/mol. The Hall–Kier alpha value is -4.16. The topological polar surface area (TPSA) is 148 Å². The Morgan fingerprint density at radius 3 is 2.52 bits per heavy atom. The fourth-order valence-corrected chi connectivity index (χ4v) is 2.98. The van der Waals surface area contributed by atoms with E-state index in [1.54, 1.807) is 24.3 Å². The van der Waals surface area contributed by atoms with Gasteiger partial charge in [0.15, 0.2) is 11.5 Å². The number of oxime groups is 1. The maximum atomic E-state index is 13.4. The minimum atomic E-state index is -4.80. The number of hydrogen-bond acceptors (Lipinski definition) is 6. The number of carbonyl (C=O) groups excluding carboxylic acids is 2. The zero-order valence-corrected chi connectivity index (χ0v) is 17.1. The summed E-state index contributed by atoms with van der Waals surface area (Å²) in [7, 11) is 0. The third-order valence-electron chi connectivity index (χ3n) is 4.63. The van der Waals surface area contributed by atoms with Crippen LogP contribution in [0.2, 0.25) is 0 Å². The number of aromatic nitrogens is 3. The van der Waals surface area contributed by atoms with Crippen molar-refractivity contribution >= 4 is 17.6 Å². The van der Waals surface area contributed by atoms with E-state index in [4.69, 9.17) is 10.9 Å². The number of rotatable bonds is 7. The molecule has 1 atom stereocenters. The van der Waals surface area contributed by atoms with E-state index in [9.17, 15) is 22.8 Å². The van der Waals surface area contributed by atoms with Gasteiger partial charge in [-0.25, -0.2) is 0 Å². The van der Waals surface area contributed by atoms with Crippen LogP contribution in [0.15, 0.2) is 54.0 Å². The zero-order valence-electron chi connectivity index (χ0n) is 17.1. The largest absolute Gasteiger partial charge is 0.435 e. The molecule has 33 heavy (non-hydrogen) atoms. The molecule has 2 amide bonds. The molecule has 0 bridgehead atoms. The first-order chi connectivity index (χ1) is 15.7. The third-order valence-corrected chi connectivity index (χ3v) is 4.63. The summed E-state index contributed by atoms with van der Waals surface area (Å²) >= 11 is 0. The minimum absolute atomic E-state index is 0.0434. The number of nitrogens with two attached hydrogens (primary N) is 1. The lowest BCUT2D eigenvalue weighted by molar-refractivity contribution is -0.141. The molecule has 0 aromatic carbocycles. The molecule has 0 spiro atoms. The predicted octanol–water partition coefficient (Wildman–Crippen LogP) is 1.61. The number of halogens is 3. The van der Waals surface area contributed by atoms with Gasteiger partial charge in [-0.3, -0.25) is 19.3 Å². The summed E-state index contributed by atoms with van der Waals surface area (Å²) in [6, 6.07) is 2.35. The quantitative estimate of drug-likeness (QED) is 0.161. The maximum Gasteiger partial charge on any atom is 0.435 e. The molecule has 0 aliphatic heterocycles. The Morgan fingerprint density at radius 1 is 1.21 bits per heavy atom. The summed E-state index contributed by atoms with van der Waals surface area (Å²) in [5, 5.41) is 19.8. The molecule has 2 aromatic heterocycles. The summed E-state index contributed by atoms with van der Waals surface area (Å²) in [5.41, 5.74) is 3.86. The molecule has 0 saturated carbocycles. The van der Waals surface area contributed by atoms with Gasteiger partial charge in [-0.1, -0.05) is 29.5 Å². The van der Waals surface area contributed by atoms with E-state index in [2.05, 4.69) is 25.9 Å². The molecular formula is C20H20F3N7O3. The standard InChI is InChI=1S/C20H20F3N7O3/c21-20(22,23)16-14(11-30(28-16)13-4-2-1-3-5-13)19(32)26-9-8-25-18(31)12-6-7-15(27-10-12)17(24)29-33/h1-4,6-7,10-11,13,33H,5,8-9H2,(H2,24,29)(H,25,31)(H,26,32). The molecular weight excluding hydrogens is 443 g/mol. The summed E-state index contributed by atoms with van der Waals surface area (Å²) < 4.78 is 41.3. The van der Waals surface area contributed by atoms with Gasteiger partial charge in [-0.15, -0.1) is 0 Å². The van der Waals surface area contributed by atoms with E-state index in [0.717, 1.165) is 10.9 Å². The van der Waals surface area contributed by atoms with Crippen LogP contribution in [0.25, 0.3) is 0 Å². The molecule has 10 nitrogen and oxygen atoms in total. The van der Waals surface area contributed by atoms with Gasteiger partial charge in [0.25, 0.3) is 11.8 Å². The second-order valence-corrected chi connectivity index (χ2v) is 6.91. The van der Waals surface area contributed by atoms with E-state index in [0.29, 0.717) is 6.42 Å². The highest BCUT2D eigenvalue weighted by Gasteiger charge is 2.39. The van der Waals surface area contributed by atoms with Gasteiger partial charge in [0.1, 0.15) is 5.69 Å². The molecule has 1 aliphatic carbocycles. The molecule has 13 heteroatoms. The number of nitrogens with one attached hydrogen (secondary N) is 2. The van der Waals surface area contributed by atoms with Gasteiger partial charge in [0, 0.05) is 25.5 Å². The maximum absolute atomic E-state index is 13.4. The first-order valence-corrected chi connectivity index (χ1v) is 9.70. The van der Waals surface area contributed by atoms with Crippen molar-refractivity contribution in [2.75, 3.05) is 13.1 Å². The number of amidine groups is 1. The van der Waals surface area contributed by atoms with Gasteiger partial charge in [-0.2, -0.15) is 18.3 Å². The fraction of sp³-hybridized carbons (Fsp3) is 0.250. The molecule has 0 fully saturated rings. The van der Waals surface area contributed by atoms with Crippen LogP contribution >= 0.6 is 0 Å². The summed E-state index contributed by atoms with van der Waals surface area (Å²) in [6.45, 7) is -0.160. The van der Waals surface area contributed by atoms with Crippen molar-refractivity contribution < 1.29 is 28.0 Å². The second-order valence-electron chi connectivity index (χ2n) is 6.91. The second kappa shape index (κ2) is 9.97. The van der Waals surface area contributed by atoms with Crippen molar-refractivity contribution in [1.29, 1.82) is 0 Å². The Balaban J connectivity index is 1.58. The number of allylic oxidation sites excluding steroid dienone is 4. The Morgan fingerprint density at radius 2 is 1.94 bits per heavy atom. The molecule has 0 saturated heterocycles. The number of hydrogen-bond donors (Lipinski definition) is 4. The molecule has 5 N–H and O–H groups in total. The third kappa shape index (κ3) is 5.75. The predicted molar refractivity (Wildman–Crippen MR) is 111 cm³/mol. The van der Waals surface area contributed by atoms with Crippen molar-refractivity contribution in [3.63, 3.8) is 0 Å². The number of amides is 2. The average Bonchev–Trinajstić information content (AvgIpc) is 3.28. The van der Waals surface area contributed by atoms with Crippen LogP contribution < -0.4 is 16.4 Å². The van der Waals surface area contributed by atoms with Gasteiger partial charge in [-0.05, 0) is 18.6 Å². The summed E-state index contributed by atoms with van der Waals surface area (Å²) in [6.07, 6.45) is 4.89. The van der Waals surface area contributed by atoms with Crippen molar-refractivity contribution in [1.82, 2.24) is 25.4 Å². The van der Waals surface area contributed by atoms with Crippen molar-refractivity contribution in [2.24, 2.45) is 10.9 Å². The number of nitrogens with zero attached hydrogens (tertiary/aromatic N) is 4. The van der Waals surface area contributed by atoms with Crippen LogP contribution in [0.3, 0.4) is 0 Å². The molecule has 2 aromatic rings. The first kappa shape index (κ1) is 23.5. The number of alkyl halides is 3. The van der Waals surface area contributed by atoms with Crippen LogP contribution in [0.4, 0.5) is 13.2 Å². The molecule has 3 rings (SSSR count). The van der Waals surface area contributed by atoms with Crippen LogP contribution in [0.1, 0.15) is 44.6 Å². The lowest BCUT2D eigenvalue weighted by Gasteiger charge is -2.13. The highest BCUT2D eigenvalue weighted by atomic mass is 19.4. The van der Waals surface area contributed by atoms with Crippen LogP contribution in [-0.4, -0.2) is 50.7 Å². The van der Waals surface area contributed by atoms with Gasteiger partial charge in [0.2, 0.25) is 0 Å². The molecule has 0 radical (unpaired) electrons. The number of carbonyl (C=O) groups is 2. The van der Waals surface area contributed by atoms with E-state index in [1.165, 1.54) is 18.3 Å². The molecule has 1 aliphatic rings. The zero-order chi connectivity index (χ0) is 24.0. The number of pyridine rings is 1. The van der Waals surface area contributed by atoms with Crippen LogP contribution in [-0.2, 0) is 6.18 Å². The highest BCUT2D eigenvalue weighted by molar-refractivity contribution is 5.97. The first-order valence-electron chi connectivity index (χ1n) is 9.70. The Bertz CT molecular complexity index is 1110. The Kier molecular flexibility index (Phi) is 7.10. The molecule has 174 valence electrons. The Labute approximate surface area is 185 Å². The minimum Gasteiger partial charge on any atom is -0.409 e. The van der Waals surface area contributed by atoms with Crippen LogP contribution in [0.5, 0.6) is 0 Å². The van der Waals surface area contributed by atoms with E-state index in [1.807, 2.05) is 0 Å². The fourth-order valence-electron chi connectivity index (χ4n) is 2.98. The van der Waals surface area contributed by atoms with Gasteiger partial charge < -0.3 is 21.6 Å². The summed E-state index contributed by atoms with van der Waals surface area (Å²) in [5.74, 6) is -1.70. The molecule has 1 unspecified atom stereocenters. The van der Waals surface area contributed by atoms with E-state index in [-0.39, 0.29) is 30.2 Å².